The first-order chi connectivity index (χ1) is 15.1. The van der Waals surface area contributed by atoms with Gasteiger partial charge in [-0.25, -0.2) is 0 Å². The van der Waals surface area contributed by atoms with Crippen LogP contribution >= 0.6 is 0 Å². The van der Waals surface area contributed by atoms with Crippen LogP contribution in [-0.4, -0.2) is 127 Å². The Labute approximate surface area is 192 Å². The van der Waals surface area contributed by atoms with Gasteiger partial charge in [-0.1, -0.05) is 0 Å². The molecule has 0 unspecified atom stereocenters. The van der Waals surface area contributed by atoms with Crippen molar-refractivity contribution in [2.45, 2.75) is 31.3 Å². The van der Waals surface area contributed by atoms with Crippen molar-refractivity contribution in [3.05, 3.63) is 0 Å². The molecule has 17 nitrogen and oxygen atoms in total. The molecule has 0 fully saturated rings. The summed E-state index contributed by atoms with van der Waals surface area (Å²) >= 11 is 0. The van der Waals surface area contributed by atoms with E-state index >= 15 is 0 Å². The molecule has 198 valence electrons. The molecular weight excluding hydrogens is 474 g/mol. The third-order valence-electron chi connectivity index (χ3n) is 2.64. The fraction of sp³-hybridized carbons (Fsp3) is 0.588. The summed E-state index contributed by atoms with van der Waals surface area (Å²) in [6, 6.07) is 0. The monoisotopic (exact) mass is 503 g/mol. The SMILES string of the molecule is C[N+](C)(C)CCO.O=C(O)CC(=O)O.O=C(O)CC(=O)O.O=C(O)CC(O)(CC(=O)O)C(=O)[O-]. The van der Waals surface area contributed by atoms with E-state index in [0.717, 1.165) is 11.0 Å². The van der Waals surface area contributed by atoms with E-state index in [1.165, 1.54) is 0 Å². The number of hydrogen-bond acceptors (Lipinski definition) is 10. The maximum Gasteiger partial charge on any atom is 0.314 e. The van der Waals surface area contributed by atoms with Gasteiger partial charge in [0.25, 0.3) is 0 Å². The summed E-state index contributed by atoms with van der Waals surface area (Å²) in [6.07, 6.45) is -4.02. The number of likely N-dealkylation sites (N-methyl/N-ethyl adjacent to an activating group) is 1. The van der Waals surface area contributed by atoms with E-state index in [1.54, 1.807) is 0 Å². The standard InChI is InChI=1S/C6H8O7.C5H14NO.2C3H4O4/c7-3(8)1-6(13,5(11)12)2-4(9)10;1-6(2,3)4-5-7;2*4-2(5)1-3(6)7/h13H,1-2H2,(H,7,8)(H,9,10)(H,11,12);7H,4-5H2,1-3H3;2*1H2,(H,4,5)(H,6,7)/q;+1;;/p-1. The number of carbonyl (C=O) groups excluding carboxylic acids is 1. The number of hydrogen-bond donors (Lipinski definition) is 8. The smallest absolute Gasteiger partial charge is 0.314 e. The first-order valence-electron chi connectivity index (χ1n) is 8.75. The average molecular weight is 503 g/mol. The second-order valence-electron chi connectivity index (χ2n) is 7.13. The van der Waals surface area contributed by atoms with Crippen molar-refractivity contribution in [3.63, 3.8) is 0 Å². The molecule has 0 aliphatic carbocycles. The minimum absolute atomic E-state index is 0.281. The van der Waals surface area contributed by atoms with E-state index in [2.05, 4.69) is 21.1 Å². The summed E-state index contributed by atoms with van der Waals surface area (Å²) in [7, 11) is 6.16. The normalized spacial score (nSPS) is 9.91. The Morgan fingerprint density at radius 2 is 0.912 bits per heavy atom. The largest absolute Gasteiger partial charge is 0.547 e. The Bertz CT molecular complexity index is 643. The van der Waals surface area contributed by atoms with E-state index in [4.69, 9.17) is 40.9 Å². The quantitative estimate of drug-likeness (QED) is 0.0989. The molecule has 0 radical (unpaired) electrons. The van der Waals surface area contributed by atoms with Gasteiger partial charge in [0.1, 0.15) is 25.0 Å². The van der Waals surface area contributed by atoms with Crippen molar-refractivity contribution < 1.29 is 84.0 Å². The van der Waals surface area contributed by atoms with Crippen molar-refractivity contribution >= 4 is 41.8 Å². The molecule has 0 bridgehead atoms. The van der Waals surface area contributed by atoms with E-state index < -0.39 is 73.1 Å². The van der Waals surface area contributed by atoms with Gasteiger partial charge in [0, 0.05) is 0 Å². The van der Waals surface area contributed by atoms with Crippen molar-refractivity contribution in [1.82, 2.24) is 0 Å². The zero-order valence-corrected chi connectivity index (χ0v) is 18.5. The van der Waals surface area contributed by atoms with Crippen LogP contribution in [0.3, 0.4) is 0 Å². The van der Waals surface area contributed by atoms with Gasteiger partial charge in [-0.15, -0.1) is 0 Å². The lowest BCUT2D eigenvalue weighted by atomic mass is 9.96. The maximum absolute atomic E-state index is 10.2. The summed E-state index contributed by atoms with van der Waals surface area (Å²) in [5, 5.41) is 74.7. The second-order valence-corrected chi connectivity index (χ2v) is 7.13. The molecule has 8 N–H and O–H groups in total. The number of carbonyl (C=O) groups is 7. The van der Waals surface area contributed by atoms with Gasteiger partial charge in [0.05, 0.1) is 46.6 Å². The van der Waals surface area contributed by atoms with Crippen molar-refractivity contribution in [2.24, 2.45) is 0 Å². The van der Waals surface area contributed by atoms with Crippen LogP contribution in [0.5, 0.6) is 0 Å². The molecule has 0 aromatic carbocycles. The van der Waals surface area contributed by atoms with Crippen LogP contribution in [0.1, 0.15) is 25.7 Å². The van der Waals surface area contributed by atoms with E-state index in [1.807, 2.05) is 0 Å². The molecule has 0 aromatic heterocycles. The van der Waals surface area contributed by atoms with Crippen molar-refractivity contribution in [2.75, 3.05) is 34.3 Å². The van der Waals surface area contributed by atoms with Crippen LogP contribution in [0, 0.1) is 0 Å². The van der Waals surface area contributed by atoms with Gasteiger partial charge in [-0.05, 0) is 0 Å². The number of nitrogens with zero attached hydrogens (tertiary/aromatic N) is 1. The van der Waals surface area contributed by atoms with Crippen LogP contribution in [0.4, 0.5) is 0 Å². The number of rotatable bonds is 11. The number of aliphatic hydroxyl groups is 2. The minimum Gasteiger partial charge on any atom is -0.547 e. The van der Waals surface area contributed by atoms with Crippen molar-refractivity contribution in [3.8, 4) is 0 Å². The van der Waals surface area contributed by atoms with Crippen LogP contribution in [-0.2, 0) is 33.6 Å². The highest BCUT2D eigenvalue weighted by atomic mass is 16.4. The molecule has 0 saturated heterocycles. The maximum atomic E-state index is 10.2. The van der Waals surface area contributed by atoms with Gasteiger partial charge in [0.2, 0.25) is 0 Å². The molecule has 0 atom stereocenters. The van der Waals surface area contributed by atoms with Crippen LogP contribution in [0.25, 0.3) is 0 Å². The lowest BCUT2D eigenvalue weighted by Gasteiger charge is -2.25. The molecule has 0 aromatic rings. The Kier molecular flexibility index (Phi) is 20.6. The highest BCUT2D eigenvalue weighted by molar-refractivity contribution is 5.89. The molecule has 0 rings (SSSR count). The second kappa shape index (κ2) is 18.7. The highest BCUT2D eigenvalue weighted by Crippen LogP contribution is 2.14. The number of carboxylic acids is 7. The molecule has 0 aliphatic rings. The number of carboxylic acid groups (broad SMARTS) is 7. The molecule has 0 spiro atoms. The van der Waals surface area contributed by atoms with Crippen LogP contribution < -0.4 is 5.11 Å². The molecule has 34 heavy (non-hydrogen) atoms. The zero-order chi connectivity index (χ0) is 28.3. The van der Waals surface area contributed by atoms with E-state index in [-0.39, 0.29) is 6.61 Å². The van der Waals surface area contributed by atoms with Gasteiger partial charge in [-0.3, -0.25) is 28.8 Å². The highest BCUT2D eigenvalue weighted by Gasteiger charge is 2.34. The van der Waals surface area contributed by atoms with Crippen LogP contribution in [0.15, 0.2) is 0 Å². The summed E-state index contributed by atoms with van der Waals surface area (Å²) in [5.41, 5.74) is -2.85. The molecule has 0 amide bonds. The van der Waals surface area contributed by atoms with E-state index in [0.29, 0.717) is 0 Å². The zero-order valence-electron chi connectivity index (χ0n) is 18.5. The van der Waals surface area contributed by atoms with Gasteiger partial charge >= 0.3 is 35.8 Å². The van der Waals surface area contributed by atoms with E-state index in [9.17, 15) is 38.7 Å². The Morgan fingerprint density at radius 3 is 0.971 bits per heavy atom. The Balaban J connectivity index is -0.000000186. The first kappa shape index (κ1) is 37.5. The summed E-state index contributed by atoms with van der Waals surface area (Å²) < 4.78 is 0.844. The third-order valence-corrected chi connectivity index (χ3v) is 2.64. The fourth-order valence-electron chi connectivity index (χ4n) is 1.27. The summed E-state index contributed by atoms with van der Waals surface area (Å²) in [6.45, 7) is 1.11. The first-order valence-corrected chi connectivity index (χ1v) is 8.75. The lowest BCUT2D eigenvalue weighted by Crippen LogP contribution is -2.51. The topological polar surface area (TPSA) is 304 Å². The van der Waals surface area contributed by atoms with Gasteiger partial charge in [0.15, 0.2) is 0 Å². The number of quaternary nitrogens is 1. The number of aliphatic hydroxyl groups excluding tert-OH is 1. The molecule has 17 heteroatoms. The minimum atomic E-state index is -2.85. The van der Waals surface area contributed by atoms with Crippen LogP contribution in [0.2, 0.25) is 0 Å². The van der Waals surface area contributed by atoms with Gasteiger partial charge in [-0.2, -0.15) is 0 Å². The lowest BCUT2D eigenvalue weighted by molar-refractivity contribution is -0.870. The fourth-order valence-corrected chi connectivity index (χ4v) is 1.27. The molecular formula is C17H29NO16. The third kappa shape index (κ3) is 35.6. The predicted molar refractivity (Wildman–Crippen MR) is 104 cm³/mol. The number of aliphatic carboxylic acids is 7. The predicted octanol–water partition coefficient (Wildman–Crippen LogP) is -3.81. The average Bonchev–Trinajstić information content (AvgIpc) is 2.50. The Hall–Kier alpha value is -3.83. The van der Waals surface area contributed by atoms with Crippen molar-refractivity contribution in [1.29, 1.82) is 0 Å². The summed E-state index contributed by atoms with van der Waals surface area (Å²) in [5.74, 6) is -10.6. The molecule has 0 heterocycles. The Morgan fingerprint density at radius 1 is 0.647 bits per heavy atom. The van der Waals surface area contributed by atoms with Gasteiger partial charge < -0.3 is 55.2 Å². The molecule has 0 saturated carbocycles. The summed E-state index contributed by atoms with van der Waals surface area (Å²) in [4.78, 5) is 68.0. The molecule has 0 aliphatic heterocycles.